The van der Waals surface area contributed by atoms with Crippen LogP contribution in [0.25, 0.3) is 0 Å². The Morgan fingerprint density at radius 3 is 2.55 bits per heavy atom. The van der Waals surface area contributed by atoms with Gasteiger partial charge in [0.1, 0.15) is 5.54 Å². The summed E-state index contributed by atoms with van der Waals surface area (Å²) in [6, 6.07) is 2.55. The molecule has 1 heterocycles. The Labute approximate surface area is 127 Å². The molecule has 7 heteroatoms. The van der Waals surface area contributed by atoms with E-state index in [-0.39, 0.29) is 24.8 Å². The summed E-state index contributed by atoms with van der Waals surface area (Å²) in [4.78, 5) is 25.5. The zero-order valence-corrected chi connectivity index (χ0v) is 12.7. The normalized spacial score (nSPS) is 21.6. The summed E-state index contributed by atoms with van der Waals surface area (Å²) in [7, 11) is 0. The molecule has 0 aliphatic carbocycles. The molecule has 1 aliphatic rings. The van der Waals surface area contributed by atoms with Gasteiger partial charge in [-0.05, 0) is 38.5 Å². The Kier molecular flexibility index (Phi) is 4.46. The maximum absolute atomic E-state index is 13.4. The van der Waals surface area contributed by atoms with Crippen molar-refractivity contribution >= 4 is 11.9 Å². The number of carbonyl (C=O) groups excluding carboxylic acids is 2. The summed E-state index contributed by atoms with van der Waals surface area (Å²) in [5, 5.41) is 2.52. The fourth-order valence-corrected chi connectivity index (χ4v) is 2.28. The van der Waals surface area contributed by atoms with E-state index < -0.39 is 29.1 Å². The number of benzene rings is 1. The van der Waals surface area contributed by atoms with E-state index in [1.54, 1.807) is 0 Å². The van der Waals surface area contributed by atoms with Crippen molar-refractivity contribution in [3.63, 3.8) is 0 Å². The van der Waals surface area contributed by atoms with Crippen LogP contribution < -0.4 is 5.32 Å². The molecule has 0 spiro atoms. The number of amides is 3. The number of nitrogens with zero attached hydrogens (tertiary/aromatic N) is 1. The average Bonchev–Trinajstić information content (AvgIpc) is 2.65. The van der Waals surface area contributed by atoms with Crippen LogP contribution in [0, 0.1) is 11.6 Å². The van der Waals surface area contributed by atoms with Gasteiger partial charge in [-0.25, -0.2) is 13.6 Å². The molecule has 1 atom stereocenters. The van der Waals surface area contributed by atoms with Gasteiger partial charge < -0.3 is 10.1 Å². The molecule has 1 aliphatic heterocycles. The Bertz CT molecular complexity index is 606. The third kappa shape index (κ3) is 2.94. The average molecular weight is 312 g/mol. The molecule has 1 fully saturated rings. The first-order valence-corrected chi connectivity index (χ1v) is 6.97. The maximum atomic E-state index is 13.4. The van der Waals surface area contributed by atoms with Crippen molar-refractivity contribution in [2.75, 3.05) is 13.2 Å². The lowest BCUT2D eigenvalue weighted by atomic mass is 9.92. The maximum Gasteiger partial charge on any atom is 0.325 e. The van der Waals surface area contributed by atoms with Crippen LogP contribution in [0.1, 0.15) is 26.3 Å². The van der Waals surface area contributed by atoms with Crippen molar-refractivity contribution in [3.05, 3.63) is 35.4 Å². The van der Waals surface area contributed by atoms with Gasteiger partial charge in [0, 0.05) is 0 Å². The minimum Gasteiger partial charge on any atom is -0.377 e. The molecule has 3 amide bonds. The van der Waals surface area contributed by atoms with Crippen molar-refractivity contribution in [2.45, 2.75) is 32.4 Å². The lowest BCUT2D eigenvalue weighted by Crippen LogP contribution is -2.41. The van der Waals surface area contributed by atoms with Gasteiger partial charge in [0.25, 0.3) is 5.91 Å². The highest BCUT2D eigenvalue weighted by Gasteiger charge is 2.49. The minimum atomic E-state index is -1.41. The first-order chi connectivity index (χ1) is 10.3. The van der Waals surface area contributed by atoms with Crippen LogP contribution in [0.5, 0.6) is 0 Å². The number of hydrogen-bond acceptors (Lipinski definition) is 3. The van der Waals surface area contributed by atoms with Crippen molar-refractivity contribution in [1.82, 2.24) is 10.2 Å². The summed E-state index contributed by atoms with van der Waals surface area (Å²) in [5.41, 5.74) is -1.22. The second kappa shape index (κ2) is 6.00. The number of imide groups is 1. The summed E-state index contributed by atoms with van der Waals surface area (Å²) in [6.45, 7) is 5.46. The molecule has 0 bridgehead atoms. The third-order valence-electron chi connectivity index (χ3n) is 3.54. The largest absolute Gasteiger partial charge is 0.377 e. The monoisotopic (exact) mass is 312 g/mol. The molecule has 0 radical (unpaired) electrons. The summed E-state index contributed by atoms with van der Waals surface area (Å²) in [6.07, 6.45) is -0.0154. The first kappa shape index (κ1) is 16.4. The number of halogens is 2. The van der Waals surface area contributed by atoms with Crippen molar-refractivity contribution in [1.29, 1.82) is 0 Å². The van der Waals surface area contributed by atoms with Crippen LogP contribution in [0.3, 0.4) is 0 Å². The smallest absolute Gasteiger partial charge is 0.325 e. The second-order valence-electron chi connectivity index (χ2n) is 5.56. The van der Waals surface area contributed by atoms with Crippen LogP contribution in [-0.4, -0.2) is 36.1 Å². The highest BCUT2D eigenvalue weighted by Crippen LogP contribution is 2.29. The number of urea groups is 1. The lowest BCUT2D eigenvalue weighted by molar-refractivity contribution is -0.131. The number of ether oxygens (including phenoxy) is 1. The van der Waals surface area contributed by atoms with Gasteiger partial charge in [-0.15, -0.1) is 0 Å². The number of hydrogen-bond donors (Lipinski definition) is 1. The van der Waals surface area contributed by atoms with Crippen molar-refractivity contribution < 1.29 is 23.1 Å². The minimum absolute atomic E-state index is 0.0154. The van der Waals surface area contributed by atoms with Crippen LogP contribution in [0.2, 0.25) is 0 Å². The van der Waals surface area contributed by atoms with Gasteiger partial charge >= 0.3 is 6.03 Å². The van der Waals surface area contributed by atoms with Crippen LogP contribution in [0.15, 0.2) is 18.2 Å². The highest BCUT2D eigenvalue weighted by molar-refractivity contribution is 6.07. The second-order valence-corrected chi connectivity index (χ2v) is 5.56. The molecule has 0 saturated carbocycles. The number of rotatable bonds is 5. The lowest BCUT2D eigenvalue weighted by Gasteiger charge is -2.22. The standard InChI is InChI=1S/C15H18F2N2O3/c1-9(2)22-7-6-19-13(20)15(3,18-14(19)21)10-4-5-11(16)12(17)8-10/h4-5,8-9H,6-7H2,1-3H3,(H,18,21)/t15-/m0/s1. The van der Waals surface area contributed by atoms with E-state index in [9.17, 15) is 18.4 Å². The van der Waals surface area contributed by atoms with E-state index >= 15 is 0 Å². The van der Waals surface area contributed by atoms with Gasteiger partial charge in [0.05, 0.1) is 19.3 Å². The Morgan fingerprint density at radius 2 is 1.95 bits per heavy atom. The molecular formula is C15H18F2N2O3. The van der Waals surface area contributed by atoms with Gasteiger partial charge in [-0.2, -0.15) is 0 Å². The highest BCUT2D eigenvalue weighted by atomic mass is 19.2. The van der Waals surface area contributed by atoms with Crippen LogP contribution in [0.4, 0.5) is 13.6 Å². The van der Waals surface area contributed by atoms with Gasteiger partial charge in [-0.1, -0.05) is 6.07 Å². The SMILES string of the molecule is CC(C)OCCN1C(=O)N[C@@](C)(c2ccc(F)c(F)c2)C1=O. The topological polar surface area (TPSA) is 58.6 Å². The zero-order chi connectivity index (χ0) is 16.5. The molecule has 5 nitrogen and oxygen atoms in total. The van der Waals surface area contributed by atoms with Crippen LogP contribution >= 0.6 is 0 Å². The predicted molar refractivity (Wildman–Crippen MR) is 75.0 cm³/mol. The third-order valence-corrected chi connectivity index (χ3v) is 3.54. The van der Waals surface area contributed by atoms with E-state index in [0.717, 1.165) is 17.0 Å². The van der Waals surface area contributed by atoms with Gasteiger partial charge in [0.15, 0.2) is 11.6 Å². The molecular weight excluding hydrogens is 294 g/mol. The molecule has 0 unspecified atom stereocenters. The predicted octanol–water partition coefficient (Wildman–Crippen LogP) is 2.16. The van der Waals surface area contributed by atoms with E-state index in [1.165, 1.54) is 13.0 Å². The fraction of sp³-hybridized carbons (Fsp3) is 0.467. The zero-order valence-electron chi connectivity index (χ0n) is 12.7. The molecule has 1 aromatic rings. The quantitative estimate of drug-likeness (QED) is 0.848. The first-order valence-electron chi connectivity index (χ1n) is 6.97. The van der Waals surface area contributed by atoms with E-state index in [1.807, 2.05) is 13.8 Å². The van der Waals surface area contributed by atoms with Gasteiger partial charge in [-0.3, -0.25) is 9.69 Å². The Morgan fingerprint density at radius 1 is 1.27 bits per heavy atom. The summed E-state index contributed by atoms with van der Waals surface area (Å²) < 4.78 is 31.7. The summed E-state index contributed by atoms with van der Waals surface area (Å²) in [5.74, 6) is -2.59. The molecule has 22 heavy (non-hydrogen) atoms. The molecule has 1 saturated heterocycles. The fourth-order valence-electron chi connectivity index (χ4n) is 2.28. The molecule has 120 valence electrons. The number of carbonyl (C=O) groups is 2. The summed E-state index contributed by atoms with van der Waals surface area (Å²) >= 11 is 0. The number of nitrogens with one attached hydrogen (secondary N) is 1. The molecule has 1 N–H and O–H groups in total. The Hall–Kier alpha value is -2.02. The van der Waals surface area contributed by atoms with Crippen molar-refractivity contribution in [3.8, 4) is 0 Å². The van der Waals surface area contributed by atoms with Crippen molar-refractivity contribution in [2.24, 2.45) is 0 Å². The van der Waals surface area contributed by atoms with E-state index in [2.05, 4.69) is 5.32 Å². The van der Waals surface area contributed by atoms with Gasteiger partial charge in [0.2, 0.25) is 0 Å². The Balaban J connectivity index is 2.20. The molecule has 1 aromatic carbocycles. The molecule has 2 rings (SSSR count). The van der Waals surface area contributed by atoms with Crippen LogP contribution in [-0.2, 0) is 15.1 Å². The molecule has 0 aromatic heterocycles. The van der Waals surface area contributed by atoms with E-state index in [0.29, 0.717) is 0 Å². The van der Waals surface area contributed by atoms with E-state index in [4.69, 9.17) is 4.74 Å².